The minimum Gasteiger partial charge on any atom is -0.496 e. The third-order valence-corrected chi connectivity index (χ3v) is 7.27. The second-order valence-corrected chi connectivity index (χ2v) is 9.87. The molecule has 1 aliphatic rings. The molecule has 41 heavy (non-hydrogen) atoms. The van der Waals surface area contributed by atoms with Crippen molar-refractivity contribution >= 4 is 5.97 Å². The van der Waals surface area contributed by atoms with Crippen LogP contribution in [0.1, 0.15) is 40.7 Å². The normalized spacial score (nSPS) is 18.1. The minimum atomic E-state index is -4.82. The summed E-state index contributed by atoms with van der Waals surface area (Å²) >= 11 is 0. The molecule has 1 heterocycles. The number of halogens is 6. The first-order valence-electron chi connectivity index (χ1n) is 12.9. The summed E-state index contributed by atoms with van der Waals surface area (Å²) in [6, 6.07) is 15.7. The van der Waals surface area contributed by atoms with Gasteiger partial charge in [0, 0.05) is 13.1 Å². The lowest BCUT2D eigenvalue weighted by Gasteiger charge is -2.38. The summed E-state index contributed by atoms with van der Waals surface area (Å²) < 4.78 is 95.1. The topological polar surface area (TPSA) is 59.0 Å². The Hall–Kier alpha value is -3.57. The highest BCUT2D eigenvalue weighted by atomic mass is 19.4. The van der Waals surface area contributed by atoms with E-state index in [0.717, 1.165) is 31.4 Å². The number of piperidine rings is 1. The number of methoxy groups -OCH3 is 1. The molecule has 3 aromatic rings. The quantitative estimate of drug-likeness (QED) is 0.222. The molecule has 0 amide bonds. The van der Waals surface area contributed by atoms with Crippen molar-refractivity contribution in [1.29, 1.82) is 0 Å². The summed E-state index contributed by atoms with van der Waals surface area (Å²) in [5, 5.41) is 9.43. The molecule has 1 N–H and O–H groups in total. The number of carbonyl (C=O) groups is 1. The average molecular weight is 582 g/mol. The first-order chi connectivity index (χ1) is 19.4. The molecule has 5 nitrogen and oxygen atoms in total. The average Bonchev–Trinajstić information content (AvgIpc) is 2.95. The summed E-state index contributed by atoms with van der Waals surface area (Å²) in [5.74, 6) is -1.93. The second-order valence-electron chi connectivity index (χ2n) is 9.87. The molecule has 220 valence electrons. The van der Waals surface area contributed by atoms with Gasteiger partial charge in [-0.2, -0.15) is 26.3 Å². The molecule has 0 bridgehead atoms. The number of likely N-dealkylation sites (tertiary alicyclic amines) is 1. The summed E-state index contributed by atoms with van der Waals surface area (Å²) in [7, 11) is 1.10. The van der Waals surface area contributed by atoms with Gasteiger partial charge < -0.3 is 19.5 Å². The third-order valence-electron chi connectivity index (χ3n) is 7.27. The molecule has 1 aliphatic heterocycles. The Kier molecular flexibility index (Phi) is 8.98. The highest BCUT2D eigenvalue weighted by molar-refractivity contribution is 5.70. The first kappa shape index (κ1) is 30.4. The van der Waals surface area contributed by atoms with Crippen molar-refractivity contribution in [2.75, 3.05) is 33.4 Å². The maximum atomic E-state index is 14.1. The van der Waals surface area contributed by atoms with E-state index in [0.29, 0.717) is 24.9 Å². The molecule has 0 spiro atoms. The van der Waals surface area contributed by atoms with Gasteiger partial charge in [0.1, 0.15) is 11.4 Å². The number of hydrogen-bond donors (Lipinski definition) is 1. The van der Waals surface area contributed by atoms with E-state index in [1.807, 2.05) is 4.90 Å². The molecule has 0 aromatic heterocycles. The van der Waals surface area contributed by atoms with E-state index in [2.05, 4.69) is 0 Å². The number of alkyl halides is 6. The van der Waals surface area contributed by atoms with Crippen molar-refractivity contribution in [1.82, 2.24) is 4.90 Å². The maximum absolute atomic E-state index is 14.1. The monoisotopic (exact) mass is 581 g/mol. The van der Waals surface area contributed by atoms with Crippen LogP contribution < -0.4 is 4.74 Å². The number of ether oxygens (including phenoxy) is 2. The van der Waals surface area contributed by atoms with Crippen molar-refractivity contribution in [3.63, 3.8) is 0 Å². The van der Waals surface area contributed by atoms with Crippen LogP contribution >= 0.6 is 0 Å². The fourth-order valence-electron chi connectivity index (χ4n) is 5.27. The maximum Gasteiger partial charge on any atom is 0.419 e. The van der Waals surface area contributed by atoms with Crippen molar-refractivity contribution in [3.8, 4) is 5.75 Å². The van der Waals surface area contributed by atoms with Crippen LogP contribution in [0.3, 0.4) is 0 Å². The lowest BCUT2D eigenvalue weighted by atomic mass is 9.79. The van der Waals surface area contributed by atoms with Gasteiger partial charge in [-0.05, 0) is 60.3 Å². The standard InChI is InChI=1S/C30H29F6NO4/c1-40-26-13-12-23(18-25(26)30(34,35)36)28(21-8-3-2-4-9-21,22-10-5-11-24(17-22)29(31,32)33)41-16-15-37-14-6-7-20(19-37)27(38)39/h2-5,8-13,17-18,20H,6-7,14-16,19H2,1H3,(H,38,39)/t20-,28?/m1/s1. The zero-order chi connectivity index (χ0) is 29.8. The Balaban J connectivity index is 1.87. The van der Waals surface area contributed by atoms with Gasteiger partial charge in [-0.15, -0.1) is 0 Å². The summed E-state index contributed by atoms with van der Waals surface area (Å²) in [5.41, 5.74) is -3.70. The van der Waals surface area contributed by atoms with E-state index in [4.69, 9.17) is 9.47 Å². The molecular weight excluding hydrogens is 552 g/mol. The van der Waals surface area contributed by atoms with Gasteiger partial charge in [-0.25, -0.2) is 0 Å². The molecule has 1 saturated heterocycles. The predicted octanol–water partition coefficient (Wildman–Crippen LogP) is 6.84. The van der Waals surface area contributed by atoms with Gasteiger partial charge >= 0.3 is 18.3 Å². The Morgan fingerprint density at radius 3 is 2.17 bits per heavy atom. The van der Waals surface area contributed by atoms with Gasteiger partial charge in [0.05, 0.1) is 30.8 Å². The van der Waals surface area contributed by atoms with E-state index < -0.39 is 46.7 Å². The molecule has 3 aromatic carbocycles. The van der Waals surface area contributed by atoms with E-state index in [-0.39, 0.29) is 30.8 Å². The van der Waals surface area contributed by atoms with Crippen LogP contribution in [-0.4, -0.2) is 49.3 Å². The number of nitrogens with zero attached hydrogens (tertiary/aromatic N) is 1. The molecule has 1 fully saturated rings. The Labute approximate surface area is 233 Å². The number of rotatable bonds is 9. The summed E-state index contributed by atoms with van der Waals surface area (Å²) in [6.45, 7) is 0.974. The van der Waals surface area contributed by atoms with Crippen LogP contribution in [0.25, 0.3) is 0 Å². The minimum absolute atomic E-state index is 0.0149. The highest BCUT2D eigenvalue weighted by Crippen LogP contribution is 2.46. The Morgan fingerprint density at radius 1 is 0.878 bits per heavy atom. The third kappa shape index (κ3) is 6.68. The highest BCUT2D eigenvalue weighted by Gasteiger charge is 2.43. The van der Waals surface area contributed by atoms with Gasteiger partial charge in [-0.3, -0.25) is 4.79 Å². The molecule has 1 unspecified atom stereocenters. The van der Waals surface area contributed by atoms with E-state index in [1.54, 1.807) is 30.3 Å². The van der Waals surface area contributed by atoms with Gasteiger partial charge in [-0.1, -0.05) is 48.5 Å². The predicted molar refractivity (Wildman–Crippen MR) is 139 cm³/mol. The first-order valence-corrected chi connectivity index (χ1v) is 12.9. The number of hydrogen-bond acceptors (Lipinski definition) is 4. The van der Waals surface area contributed by atoms with Crippen LogP contribution in [0.2, 0.25) is 0 Å². The van der Waals surface area contributed by atoms with Crippen LogP contribution in [0, 0.1) is 5.92 Å². The Morgan fingerprint density at radius 2 is 1.54 bits per heavy atom. The fraction of sp³-hybridized carbons (Fsp3) is 0.367. The van der Waals surface area contributed by atoms with Crippen LogP contribution in [0.15, 0.2) is 72.8 Å². The molecule has 11 heteroatoms. The SMILES string of the molecule is COc1ccc(C(OCCN2CCC[C@@H](C(=O)O)C2)(c2ccccc2)c2cccc(C(F)(F)F)c2)cc1C(F)(F)F. The van der Waals surface area contributed by atoms with Crippen molar-refractivity contribution < 1.29 is 45.7 Å². The van der Waals surface area contributed by atoms with Crippen molar-refractivity contribution in [2.24, 2.45) is 5.92 Å². The van der Waals surface area contributed by atoms with Gasteiger partial charge in [0.25, 0.3) is 0 Å². The number of carboxylic acid groups (broad SMARTS) is 1. The van der Waals surface area contributed by atoms with E-state index in [9.17, 15) is 36.2 Å². The second kappa shape index (κ2) is 12.1. The van der Waals surface area contributed by atoms with Crippen LogP contribution in [-0.2, 0) is 27.5 Å². The fourth-order valence-corrected chi connectivity index (χ4v) is 5.27. The molecule has 4 rings (SSSR count). The zero-order valence-corrected chi connectivity index (χ0v) is 22.1. The summed E-state index contributed by atoms with van der Waals surface area (Å²) in [6.07, 6.45) is -8.37. The van der Waals surface area contributed by atoms with E-state index in [1.165, 1.54) is 18.2 Å². The molecule has 0 aliphatic carbocycles. The summed E-state index contributed by atoms with van der Waals surface area (Å²) in [4.78, 5) is 13.4. The van der Waals surface area contributed by atoms with Crippen molar-refractivity contribution in [3.05, 3.63) is 101 Å². The van der Waals surface area contributed by atoms with Gasteiger partial charge in [0.2, 0.25) is 0 Å². The lowest BCUT2D eigenvalue weighted by Crippen LogP contribution is -2.42. The number of aliphatic carboxylic acids is 1. The Bertz CT molecular complexity index is 1340. The number of carboxylic acids is 1. The smallest absolute Gasteiger partial charge is 0.419 e. The van der Waals surface area contributed by atoms with Crippen molar-refractivity contribution in [2.45, 2.75) is 30.8 Å². The zero-order valence-electron chi connectivity index (χ0n) is 22.1. The lowest BCUT2D eigenvalue weighted by molar-refractivity contribution is -0.144. The van der Waals surface area contributed by atoms with Crippen LogP contribution in [0.4, 0.5) is 26.3 Å². The van der Waals surface area contributed by atoms with E-state index >= 15 is 0 Å². The molecule has 0 radical (unpaired) electrons. The molecule has 2 atom stereocenters. The largest absolute Gasteiger partial charge is 0.496 e. The molecule has 0 saturated carbocycles. The number of benzene rings is 3. The van der Waals surface area contributed by atoms with Gasteiger partial charge in [0.15, 0.2) is 0 Å². The molecular formula is C30H29F6NO4. The van der Waals surface area contributed by atoms with Crippen LogP contribution in [0.5, 0.6) is 5.75 Å².